The molecule has 6 N–H and O–H groups in total. The van der Waals surface area contributed by atoms with Gasteiger partial charge in [-0.15, -0.1) is 11.8 Å². The molecule has 0 aromatic carbocycles. The highest BCUT2D eigenvalue weighted by atomic mass is 32.2. The van der Waals surface area contributed by atoms with Crippen LogP contribution in [0.4, 0.5) is 0 Å². The number of carboxylic acid groups (broad SMARTS) is 2. The molecule has 2 heterocycles. The zero-order valence-corrected chi connectivity index (χ0v) is 14.0. The molecular weight excluding hydrogens is 354 g/mol. The molecule has 2 aliphatic heterocycles. The third kappa shape index (κ3) is 3.94. The van der Waals surface area contributed by atoms with E-state index in [1.807, 2.05) is 0 Å². The van der Waals surface area contributed by atoms with Crippen LogP contribution in [0.5, 0.6) is 0 Å². The molecule has 0 radical (unpaired) electrons. The van der Waals surface area contributed by atoms with Crippen molar-refractivity contribution in [3.05, 3.63) is 11.3 Å². The van der Waals surface area contributed by atoms with Gasteiger partial charge >= 0.3 is 11.9 Å². The number of β-lactam (4-membered cyclic amide) rings is 1. The van der Waals surface area contributed by atoms with Crippen LogP contribution < -0.4 is 11.1 Å². The lowest BCUT2D eigenvalue weighted by Gasteiger charge is -2.49. The summed E-state index contributed by atoms with van der Waals surface area (Å²) in [4.78, 5) is 47.1. The van der Waals surface area contributed by atoms with E-state index in [0.29, 0.717) is 0 Å². The Labute approximate surface area is 147 Å². The molecule has 2 aliphatic rings. The van der Waals surface area contributed by atoms with Gasteiger partial charge in [-0.2, -0.15) is 0 Å². The highest BCUT2D eigenvalue weighted by Gasteiger charge is 2.53. The first-order chi connectivity index (χ1) is 11.8. The van der Waals surface area contributed by atoms with Crippen LogP contribution in [0.2, 0.25) is 0 Å². The Balaban J connectivity index is 1.91. The molecule has 2 rings (SSSR count). The van der Waals surface area contributed by atoms with Gasteiger partial charge in [0.15, 0.2) is 0 Å². The van der Waals surface area contributed by atoms with Gasteiger partial charge in [0.1, 0.15) is 23.2 Å². The lowest BCUT2D eigenvalue weighted by atomic mass is 10.0. The number of aliphatic hydroxyl groups excluding tert-OH is 1. The van der Waals surface area contributed by atoms with Crippen molar-refractivity contribution in [2.75, 3.05) is 12.4 Å². The van der Waals surface area contributed by atoms with Crippen molar-refractivity contribution in [2.45, 2.75) is 36.7 Å². The lowest BCUT2D eigenvalue weighted by Crippen LogP contribution is -2.70. The van der Waals surface area contributed by atoms with E-state index < -0.39 is 47.8 Å². The van der Waals surface area contributed by atoms with Crippen molar-refractivity contribution in [1.29, 1.82) is 0 Å². The molecule has 2 amide bonds. The largest absolute Gasteiger partial charge is 0.480 e. The number of nitrogens with one attached hydrogen (secondary N) is 1. The number of hydrogen-bond acceptors (Lipinski definition) is 7. The van der Waals surface area contributed by atoms with E-state index in [-0.39, 0.29) is 36.3 Å². The Morgan fingerprint density at radius 1 is 1.36 bits per heavy atom. The summed E-state index contributed by atoms with van der Waals surface area (Å²) in [6, 6.07) is -1.87. The summed E-state index contributed by atoms with van der Waals surface area (Å²) in [5.74, 6) is -3.15. The van der Waals surface area contributed by atoms with Crippen LogP contribution in [0.1, 0.15) is 19.3 Å². The van der Waals surface area contributed by atoms with Crippen molar-refractivity contribution < 1.29 is 34.5 Å². The van der Waals surface area contributed by atoms with E-state index >= 15 is 0 Å². The summed E-state index contributed by atoms with van der Waals surface area (Å²) < 4.78 is 0. The van der Waals surface area contributed by atoms with Gasteiger partial charge in [0.2, 0.25) is 5.91 Å². The van der Waals surface area contributed by atoms with Crippen molar-refractivity contribution >= 4 is 35.5 Å². The van der Waals surface area contributed by atoms with Gasteiger partial charge in [0.25, 0.3) is 5.91 Å². The highest BCUT2D eigenvalue weighted by Crippen LogP contribution is 2.40. The average Bonchev–Trinajstić information content (AvgIpc) is 2.57. The van der Waals surface area contributed by atoms with E-state index in [2.05, 4.69) is 5.32 Å². The second-order valence-electron chi connectivity index (χ2n) is 5.71. The van der Waals surface area contributed by atoms with E-state index in [4.69, 9.17) is 10.8 Å². The lowest BCUT2D eigenvalue weighted by molar-refractivity contribution is -0.150. The third-order valence-electron chi connectivity index (χ3n) is 3.99. The van der Waals surface area contributed by atoms with Crippen LogP contribution in [-0.2, 0) is 19.2 Å². The number of amides is 2. The Bertz CT molecular complexity index is 636. The van der Waals surface area contributed by atoms with Crippen LogP contribution >= 0.6 is 11.8 Å². The van der Waals surface area contributed by atoms with E-state index in [9.17, 15) is 29.4 Å². The minimum Gasteiger partial charge on any atom is -0.480 e. The van der Waals surface area contributed by atoms with Gasteiger partial charge in [0, 0.05) is 12.2 Å². The predicted octanol–water partition coefficient (Wildman–Crippen LogP) is -1.70. The zero-order valence-electron chi connectivity index (χ0n) is 13.2. The van der Waals surface area contributed by atoms with E-state index in [1.165, 1.54) is 11.8 Å². The van der Waals surface area contributed by atoms with Gasteiger partial charge < -0.3 is 26.4 Å². The topological polar surface area (TPSA) is 170 Å². The molecule has 3 atom stereocenters. The van der Waals surface area contributed by atoms with Gasteiger partial charge in [-0.05, 0) is 18.4 Å². The number of fused-ring (bicyclic) bond motifs is 1. The summed E-state index contributed by atoms with van der Waals surface area (Å²) in [5.41, 5.74) is 5.38. The van der Waals surface area contributed by atoms with Crippen LogP contribution in [-0.4, -0.2) is 73.8 Å². The van der Waals surface area contributed by atoms with Crippen molar-refractivity contribution in [3.63, 3.8) is 0 Å². The minimum atomic E-state index is -1.30. The Morgan fingerprint density at radius 3 is 2.60 bits per heavy atom. The predicted molar refractivity (Wildman–Crippen MR) is 86.2 cm³/mol. The monoisotopic (exact) mass is 373 g/mol. The first kappa shape index (κ1) is 19.2. The maximum atomic E-state index is 12.2. The summed E-state index contributed by atoms with van der Waals surface area (Å²) in [5, 5.41) is 29.1. The van der Waals surface area contributed by atoms with Gasteiger partial charge in [-0.25, -0.2) is 4.79 Å². The number of thioether (sulfide) groups is 1. The molecule has 0 saturated carbocycles. The smallest absolute Gasteiger partial charge is 0.352 e. The fourth-order valence-corrected chi connectivity index (χ4v) is 3.99. The van der Waals surface area contributed by atoms with Crippen LogP contribution in [0.15, 0.2) is 11.3 Å². The SMILES string of the molecule is NC(CCCC(=O)NC1C(=O)N2C(C(=O)O)=C(CO)CS[C@H]12)C(=O)O. The summed E-state index contributed by atoms with van der Waals surface area (Å²) >= 11 is 1.26. The van der Waals surface area contributed by atoms with Gasteiger partial charge in [0.05, 0.1) is 6.61 Å². The maximum absolute atomic E-state index is 12.2. The molecule has 138 valence electrons. The molecule has 2 unspecified atom stereocenters. The number of carboxylic acids is 2. The summed E-state index contributed by atoms with van der Waals surface area (Å²) in [7, 11) is 0. The van der Waals surface area contributed by atoms with E-state index in [0.717, 1.165) is 4.90 Å². The number of rotatable bonds is 8. The molecular formula is C14H19N3O7S. The molecule has 0 spiro atoms. The van der Waals surface area contributed by atoms with Crippen LogP contribution in [0.3, 0.4) is 0 Å². The number of carbonyl (C=O) groups excluding carboxylic acids is 2. The molecule has 0 bridgehead atoms. The molecule has 25 heavy (non-hydrogen) atoms. The highest BCUT2D eigenvalue weighted by molar-refractivity contribution is 8.00. The first-order valence-electron chi connectivity index (χ1n) is 7.56. The summed E-state index contributed by atoms with van der Waals surface area (Å²) in [6.45, 7) is -0.452. The van der Waals surface area contributed by atoms with Crippen molar-refractivity contribution in [3.8, 4) is 0 Å². The maximum Gasteiger partial charge on any atom is 0.352 e. The Morgan fingerprint density at radius 2 is 2.04 bits per heavy atom. The Kier molecular flexibility index (Phi) is 6.03. The molecule has 1 fully saturated rings. The number of aliphatic carboxylic acids is 2. The van der Waals surface area contributed by atoms with Crippen LogP contribution in [0.25, 0.3) is 0 Å². The molecule has 1 saturated heterocycles. The molecule has 11 heteroatoms. The van der Waals surface area contributed by atoms with Crippen molar-refractivity contribution in [1.82, 2.24) is 10.2 Å². The quantitative estimate of drug-likeness (QED) is 0.311. The molecule has 10 nitrogen and oxygen atoms in total. The van der Waals surface area contributed by atoms with Crippen molar-refractivity contribution in [2.24, 2.45) is 5.73 Å². The average molecular weight is 373 g/mol. The fraction of sp³-hybridized carbons (Fsp3) is 0.571. The number of aliphatic hydroxyl groups is 1. The van der Waals surface area contributed by atoms with E-state index in [1.54, 1.807) is 0 Å². The second kappa shape index (κ2) is 7.85. The van der Waals surface area contributed by atoms with Gasteiger partial charge in [-0.3, -0.25) is 19.3 Å². The second-order valence-corrected chi connectivity index (χ2v) is 6.81. The summed E-state index contributed by atoms with van der Waals surface area (Å²) in [6.07, 6.45) is 0.416. The molecule has 0 aromatic rings. The zero-order chi connectivity index (χ0) is 18.7. The number of nitrogens with zero attached hydrogens (tertiary/aromatic N) is 1. The van der Waals surface area contributed by atoms with Gasteiger partial charge in [-0.1, -0.05) is 0 Å². The standard InChI is InChI=1S/C14H19N3O7S/c15-7(13(21)22)2-1-3-8(19)16-9-11(20)17-10(14(23)24)6(4-18)5-25-12(9)17/h7,9,12,18H,1-5,15H2,(H,16,19)(H,21,22)(H,23,24)/t7?,9?,12-/m1/s1. The molecule has 0 aliphatic carbocycles. The first-order valence-corrected chi connectivity index (χ1v) is 8.61. The van der Waals surface area contributed by atoms with Crippen LogP contribution in [0, 0.1) is 0 Å². The Hall–Kier alpha value is -2.11. The normalized spacial score (nSPS) is 23.6. The number of hydrogen-bond donors (Lipinski definition) is 5. The number of nitrogens with two attached hydrogens (primary N) is 1. The minimum absolute atomic E-state index is 0.0195. The number of carbonyl (C=O) groups is 4. The fourth-order valence-electron chi connectivity index (χ4n) is 2.66. The molecule has 0 aromatic heterocycles. The third-order valence-corrected chi connectivity index (χ3v) is 5.33.